The molecular formula is C26H34N2. The molecule has 2 heteroatoms. The average molecular weight is 375 g/mol. The van der Waals surface area contributed by atoms with E-state index in [0.29, 0.717) is 5.92 Å². The van der Waals surface area contributed by atoms with E-state index < -0.39 is 0 Å². The monoisotopic (exact) mass is 374 g/mol. The lowest BCUT2D eigenvalue weighted by Crippen LogP contribution is -2.14. The Hall–Kier alpha value is -2.35. The summed E-state index contributed by atoms with van der Waals surface area (Å²) < 4.78 is 2.39. The van der Waals surface area contributed by atoms with Gasteiger partial charge in [-0.15, -0.1) is 0 Å². The van der Waals surface area contributed by atoms with Crippen molar-refractivity contribution in [1.29, 1.82) is 0 Å². The fourth-order valence-electron chi connectivity index (χ4n) is 3.75. The first kappa shape index (κ1) is 20.4. The van der Waals surface area contributed by atoms with Crippen molar-refractivity contribution in [2.45, 2.75) is 67.7 Å². The van der Waals surface area contributed by atoms with Crippen LogP contribution >= 0.6 is 0 Å². The van der Waals surface area contributed by atoms with Crippen LogP contribution in [0, 0.1) is 26.2 Å². The third kappa shape index (κ3) is 4.22. The molecule has 28 heavy (non-hydrogen) atoms. The summed E-state index contributed by atoms with van der Waals surface area (Å²) in [6, 6.07) is 13.5. The Bertz CT molecular complexity index is 984. The largest absolute Gasteiger partial charge is 0.296 e. The van der Waals surface area contributed by atoms with Crippen LogP contribution in [-0.4, -0.2) is 9.55 Å². The van der Waals surface area contributed by atoms with Crippen molar-refractivity contribution in [3.63, 3.8) is 0 Å². The van der Waals surface area contributed by atoms with Gasteiger partial charge in [-0.2, -0.15) is 0 Å². The molecule has 0 atom stereocenters. The summed E-state index contributed by atoms with van der Waals surface area (Å²) >= 11 is 0. The Morgan fingerprint density at radius 3 is 2.25 bits per heavy atom. The van der Waals surface area contributed by atoms with Gasteiger partial charge in [0.05, 0.1) is 5.69 Å². The van der Waals surface area contributed by atoms with Crippen LogP contribution in [0.25, 0.3) is 17.1 Å². The molecule has 1 aromatic heterocycles. The van der Waals surface area contributed by atoms with Crippen molar-refractivity contribution >= 4 is 0 Å². The lowest BCUT2D eigenvalue weighted by molar-refractivity contribution is 0.404. The molecule has 0 bridgehead atoms. The standard InChI is InChI=1S/C26H34N2/c1-17(2)23-13-18(3)9-12-24(23)28-22(15-26(6,7)8)16-27-25(28)21-11-10-19(4)20(5)14-21/h9-14,16-17H,15H2,1-8H3. The van der Waals surface area contributed by atoms with Crippen LogP contribution in [-0.2, 0) is 6.42 Å². The van der Waals surface area contributed by atoms with E-state index in [1.165, 1.54) is 39.2 Å². The second-order valence-corrected chi connectivity index (χ2v) is 9.66. The number of hydrogen-bond donors (Lipinski definition) is 0. The van der Waals surface area contributed by atoms with Gasteiger partial charge in [-0.25, -0.2) is 4.98 Å². The first-order valence-corrected chi connectivity index (χ1v) is 10.3. The first-order valence-electron chi connectivity index (χ1n) is 10.3. The number of aromatic nitrogens is 2. The summed E-state index contributed by atoms with van der Waals surface area (Å²) in [4.78, 5) is 4.90. The van der Waals surface area contributed by atoms with Crippen molar-refractivity contribution in [1.82, 2.24) is 9.55 Å². The number of benzene rings is 2. The maximum Gasteiger partial charge on any atom is 0.144 e. The molecule has 3 rings (SSSR count). The van der Waals surface area contributed by atoms with Gasteiger partial charge in [0.25, 0.3) is 0 Å². The zero-order valence-corrected chi connectivity index (χ0v) is 18.7. The van der Waals surface area contributed by atoms with Crippen LogP contribution in [0.15, 0.2) is 42.6 Å². The average Bonchev–Trinajstić information content (AvgIpc) is 2.98. The van der Waals surface area contributed by atoms with E-state index in [2.05, 4.69) is 103 Å². The van der Waals surface area contributed by atoms with E-state index in [-0.39, 0.29) is 5.41 Å². The first-order chi connectivity index (χ1) is 13.1. The van der Waals surface area contributed by atoms with Gasteiger partial charge >= 0.3 is 0 Å². The van der Waals surface area contributed by atoms with Crippen LogP contribution in [0.2, 0.25) is 0 Å². The van der Waals surface area contributed by atoms with E-state index >= 15 is 0 Å². The summed E-state index contributed by atoms with van der Waals surface area (Å²) in [5, 5.41) is 0. The molecule has 0 fully saturated rings. The van der Waals surface area contributed by atoms with Gasteiger partial charge < -0.3 is 0 Å². The molecule has 2 aromatic carbocycles. The van der Waals surface area contributed by atoms with E-state index in [0.717, 1.165) is 12.2 Å². The highest BCUT2D eigenvalue weighted by molar-refractivity contribution is 5.63. The fourth-order valence-corrected chi connectivity index (χ4v) is 3.75. The van der Waals surface area contributed by atoms with Crippen LogP contribution in [0.4, 0.5) is 0 Å². The van der Waals surface area contributed by atoms with Gasteiger partial charge in [-0.3, -0.25) is 4.57 Å². The molecule has 148 valence electrons. The molecule has 0 aliphatic rings. The quantitative estimate of drug-likeness (QED) is 0.473. The zero-order chi connectivity index (χ0) is 20.6. The zero-order valence-electron chi connectivity index (χ0n) is 18.7. The lowest BCUT2D eigenvalue weighted by atomic mass is 9.90. The van der Waals surface area contributed by atoms with Gasteiger partial charge in [-0.1, -0.05) is 64.4 Å². The number of nitrogens with zero attached hydrogens (tertiary/aromatic N) is 2. The predicted molar refractivity (Wildman–Crippen MR) is 120 cm³/mol. The summed E-state index contributed by atoms with van der Waals surface area (Å²) in [6.45, 7) is 17.9. The Balaban J connectivity index is 2.28. The minimum atomic E-state index is 0.195. The smallest absolute Gasteiger partial charge is 0.144 e. The molecule has 0 saturated carbocycles. The number of aryl methyl sites for hydroxylation is 3. The second kappa shape index (κ2) is 7.58. The molecule has 1 heterocycles. The molecule has 0 radical (unpaired) electrons. The molecule has 0 unspecified atom stereocenters. The van der Waals surface area contributed by atoms with Gasteiger partial charge in [0.15, 0.2) is 0 Å². The van der Waals surface area contributed by atoms with Crippen molar-refractivity contribution in [2.75, 3.05) is 0 Å². The van der Waals surface area contributed by atoms with Gasteiger partial charge in [0, 0.05) is 17.5 Å². The Morgan fingerprint density at radius 1 is 0.929 bits per heavy atom. The van der Waals surface area contributed by atoms with Gasteiger partial charge in [0.1, 0.15) is 5.82 Å². The van der Waals surface area contributed by atoms with Gasteiger partial charge in [0.2, 0.25) is 0 Å². The van der Waals surface area contributed by atoms with Crippen molar-refractivity contribution in [2.24, 2.45) is 5.41 Å². The van der Waals surface area contributed by atoms with Crippen LogP contribution < -0.4 is 0 Å². The van der Waals surface area contributed by atoms with Crippen LogP contribution in [0.3, 0.4) is 0 Å². The number of hydrogen-bond acceptors (Lipinski definition) is 1. The third-order valence-corrected chi connectivity index (χ3v) is 5.36. The topological polar surface area (TPSA) is 17.8 Å². The molecule has 0 amide bonds. The lowest BCUT2D eigenvalue weighted by Gasteiger charge is -2.23. The van der Waals surface area contributed by atoms with E-state index in [9.17, 15) is 0 Å². The van der Waals surface area contributed by atoms with E-state index in [1.54, 1.807) is 0 Å². The number of rotatable bonds is 4. The molecule has 3 aromatic rings. The molecule has 0 spiro atoms. The highest BCUT2D eigenvalue weighted by atomic mass is 15.1. The highest BCUT2D eigenvalue weighted by Gasteiger charge is 2.21. The normalized spacial score (nSPS) is 12.0. The SMILES string of the molecule is Cc1ccc(-n2c(CC(C)(C)C)cnc2-c2ccc(C)c(C)c2)c(C(C)C)c1. The summed E-state index contributed by atoms with van der Waals surface area (Å²) in [5.74, 6) is 1.49. The highest BCUT2D eigenvalue weighted by Crippen LogP contribution is 2.33. The Labute approximate surface area is 170 Å². The minimum absolute atomic E-state index is 0.195. The summed E-state index contributed by atoms with van der Waals surface area (Å²) in [6.07, 6.45) is 3.05. The molecule has 0 aliphatic carbocycles. The Morgan fingerprint density at radius 2 is 1.64 bits per heavy atom. The van der Waals surface area contributed by atoms with Crippen molar-refractivity contribution in [3.8, 4) is 17.1 Å². The third-order valence-electron chi connectivity index (χ3n) is 5.36. The summed E-state index contributed by atoms with van der Waals surface area (Å²) in [7, 11) is 0. The summed E-state index contributed by atoms with van der Waals surface area (Å²) in [5.41, 5.74) is 9.19. The van der Waals surface area contributed by atoms with Crippen molar-refractivity contribution in [3.05, 3.63) is 70.5 Å². The minimum Gasteiger partial charge on any atom is -0.296 e. The Kier molecular flexibility index (Phi) is 5.52. The number of imidazole rings is 1. The molecular weight excluding hydrogens is 340 g/mol. The van der Waals surface area contributed by atoms with E-state index in [4.69, 9.17) is 4.98 Å². The van der Waals surface area contributed by atoms with Crippen LogP contribution in [0.1, 0.15) is 68.5 Å². The predicted octanol–water partition coefficient (Wildman–Crippen LogP) is 7.18. The molecule has 0 aliphatic heterocycles. The molecule has 0 saturated heterocycles. The molecule has 0 N–H and O–H groups in total. The van der Waals surface area contributed by atoms with Gasteiger partial charge in [-0.05, 0) is 67.3 Å². The maximum atomic E-state index is 4.90. The van der Waals surface area contributed by atoms with E-state index in [1.807, 2.05) is 0 Å². The molecule has 2 nitrogen and oxygen atoms in total. The fraction of sp³-hybridized carbons (Fsp3) is 0.423. The van der Waals surface area contributed by atoms with Crippen molar-refractivity contribution < 1.29 is 0 Å². The second-order valence-electron chi connectivity index (χ2n) is 9.66. The van der Waals surface area contributed by atoms with Crippen LogP contribution in [0.5, 0.6) is 0 Å². The maximum absolute atomic E-state index is 4.90.